The van der Waals surface area contributed by atoms with E-state index in [1.165, 1.54) is 0 Å². The highest BCUT2D eigenvalue weighted by molar-refractivity contribution is 7.22. The third-order valence-electron chi connectivity index (χ3n) is 4.03. The Morgan fingerprint density at radius 1 is 1.04 bits per heavy atom. The van der Waals surface area contributed by atoms with Crippen LogP contribution >= 0.6 is 22.9 Å². The zero-order chi connectivity index (χ0) is 18.1. The van der Waals surface area contributed by atoms with Crippen LogP contribution in [0.4, 0.5) is 11.5 Å². The summed E-state index contributed by atoms with van der Waals surface area (Å²) in [5.74, 6) is 1.42. The zero-order valence-electron chi connectivity index (χ0n) is 14.3. The number of nitrogens with one attached hydrogen (secondary N) is 1. The van der Waals surface area contributed by atoms with Crippen LogP contribution in [0.15, 0.2) is 54.6 Å². The molecule has 0 aliphatic carbocycles. The first kappa shape index (κ1) is 16.8. The molecule has 4 aromatic rings. The standard InChI is InChI=1S/C20H16ClN3OS/c1-12-8-9-16(25-2)15(10-12)22-18-14-11-17(13-6-4-3-5-7-13)26-19(14)24-20(21)23-18/h3-11H,1-2H3,(H,22,23,24). The fourth-order valence-corrected chi connectivity index (χ4v) is 4.04. The zero-order valence-corrected chi connectivity index (χ0v) is 15.9. The van der Waals surface area contributed by atoms with Gasteiger partial charge in [-0.25, -0.2) is 4.98 Å². The predicted octanol–water partition coefficient (Wildman–Crippen LogP) is 6.07. The molecule has 0 aliphatic rings. The summed E-state index contributed by atoms with van der Waals surface area (Å²) in [7, 11) is 1.65. The summed E-state index contributed by atoms with van der Waals surface area (Å²) >= 11 is 7.76. The molecule has 0 spiro atoms. The fraction of sp³-hybridized carbons (Fsp3) is 0.100. The summed E-state index contributed by atoms with van der Waals surface area (Å²) in [6.45, 7) is 2.03. The number of hydrogen-bond donors (Lipinski definition) is 1. The van der Waals surface area contributed by atoms with E-state index in [-0.39, 0.29) is 5.28 Å². The van der Waals surface area contributed by atoms with Crippen LogP contribution < -0.4 is 10.1 Å². The van der Waals surface area contributed by atoms with Crippen LogP contribution in [0, 0.1) is 6.92 Å². The molecule has 2 aromatic carbocycles. The van der Waals surface area contributed by atoms with Gasteiger partial charge in [-0.3, -0.25) is 0 Å². The van der Waals surface area contributed by atoms with Gasteiger partial charge in [-0.2, -0.15) is 4.98 Å². The van der Waals surface area contributed by atoms with E-state index >= 15 is 0 Å². The first-order chi connectivity index (χ1) is 12.6. The van der Waals surface area contributed by atoms with Gasteiger partial charge in [0, 0.05) is 4.88 Å². The van der Waals surface area contributed by atoms with Gasteiger partial charge in [0.15, 0.2) is 0 Å². The Morgan fingerprint density at radius 2 is 1.85 bits per heavy atom. The molecule has 4 rings (SSSR count). The molecule has 0 amide bonds. The molecule has 2 heterocycles. The molecule has 0 bridgehead atoms. The highest BCUT2D eigenvalue weighted by Gasteiger charge is 2.14. The van der Waals surface area contributed by atoms with E-state index < -0.39 is 0 Å². The van der Waals surface area contributed by atoms with Gasteiger partial charge in [-0.05, 0) is 47.9 Å². The molecule has 0 aliphatic heterocycles. The maximum Gasteiger partial charge on any atom is 0.225 e. The van der Waals surface area contributed by atoms with E-state index in [2.05, 4.69) is 33.5 Å². The number of aromatic nitrogens is 2. The molecular formula is C20H16ClN3OS. The lowest BCUT2D eigenvalue weighted by molar-refractivity contribution is 0.416. The number of halogens is 1. The number of fused-ring (bicyclic) bond motifs is 1. The van der Waals surface area contributed by atoms with Gasteiger partial charge in [0.25, 0.3) is 0 Å². The summed E-state index contributed by atoms with van der Waals surface area (Å²) in [5.41, 5.74) is 3.11. The molecule has 0 fully saturated rings. The fourth-order valence-electron chi connectivity index (χ4n) is 2.78. The second kappa shape index (κ2) is 6.94. The van der Waals surface area contributed by atoms with Crippen LogP contribution in [0.2, 0.25) is 5.28 Å². The Morgan fingerprint density at radius 3 is 2.62 bits per heavy atom. The van der Waals surface area contributed by atoms with E-state index in [9.17, 15) is 0 Å². The SMILES string of the molecule is COc1ccc(C)cc1Nc1nc(Cl)nc2sc(-c3ccccc3)cc12. The number of ether oxygens (including phenoxy) is 1. The summed E-state index contributed by atoms with van der Waals surface area (Å²) in [6, 6.07) is 18.3. The second-order valence-electron chi connectivity index (χ2n) is 5.87. The smallest absolute Gasteiger partial charge is 0.225 e. The summed E-state index contributed by atoms with van der Waals surface area (Å²) in [6.07, 6.45) is 0. The van der Waals surface area contributed by atoms with E-state index in [4.69, 9.17) is 16.3 Å². The highest BCUT2D eigenvalue weighted by atomic mass is 35.5. The third-order valence-corrected chi connectivity index (χ3v) is 5.28. The van der Waals surface area contributed by atoms with Gasteiger partial charge in [-0.15, -0.1) is 11.3 Å². The quantitative estimate of drug-likeness (QED) is 0.435. The minimum atomic E-state index is 0.216. The minimum Gasteiger partial charge on any atom is -0.495 e. The van der Waals surface area contributed by atoms with Crippen molar-refractivity contribution in [2.75, 3.05) is 12.4 Å². The topological polar surface area (TPSA) is 47.0 Å². The highest BCUT2D eigenvalue weighted by Crippen LogP contribution is 2.38. The summed E-state index contributed by atoms with van der Waals surface area (Å²) in [4.78, 5) is 10.8. The number of aryl methyl sites for hydroxylation is 1. The molecule has 130 valence electrons. The number of hydrogen-bond acceptors (Lipinski definition) is 5. The number of thiophene rings is 1. The number of anilines is 2. The molecule has 0 radical (unpaired) electrons. The lowest BCUT2D eigenvalue weighted by atomic mass is 10.2. The predicted molar refractivity (Wildman–Crippen MR) is 109 cm³/mol. The van der Waals surface area contributed by atoms with Crippen LogP contribution in [-0.4, -0.2) is 17.1 Å². The molecule has 6 heteroatoms. The van der Waals surface area contributed by atoms with Crippen LogP contribution in [0.5, 0.6) is 5.75 Å². The normalized spacial score (nSPS) is 10.9. The maximum atomic E-state index is 6.16. The third kappa shape index (κ3) is 3.23. The molecule has 4 nitrogen and oxygen atoms in total. The van der Waals surface area contributed by atoms with Crippen molar-refractivity contribution in [1.29, 1.82) is 0 Å². The monoisotopic (exact) mass is 381 g/mol. The molecule has 1 N–H and O–H groups in total. The van der Waals surface area contributed by atoms with E-state index in [1.807, 2.05) is 43.3 Å². The number of rotatable bonds is 4. The Balaban J connectivity index is 1.83. The lowest BCUT2D eigenvalue weighted by Crippen LogP contribution is -1.98. The van der Waals surface area contributed by atoms with Crippen molar-refractivity contribution in [2.45, 2.75) is 6.92 Å². The molecule has 2 aromatic heterocycles. The molecule has 0 unspecified atom stereocenters. The van der Waals surface area contributed by atoms with E-state index in [0.29, 0.717) is 5.82 Å². The van der Waals surface area contributed by atoms with Gasteiger partial charge in [0.05, 0.1) is 18.2 Å². The second-order valence-corrected chi connectivity index (χ2v) is 7.23. The van der Waals surface area contributed by atoms with Crippen molar-refractivity contribution in [3.63, 3.8) is 0 Å². The van der Waals surface area contributed by atoms with Gasteiger partial charge < -0.3 is 10.1 Å². The van der Waals surface area contributed by atoms with Crippen molar-refractivity contribution in [1.82, 2.24) is 9.97 Å². The molecular weight excluding hydrogens is 366 g/mol. The Hall–Kier alpha value is -2.63. The van der Waals surface area contributed by atoms with E-state index in [1.54, 1.807) is 18.4 Å². The van der Waals surface area contributed by atoms with Gasteiger partial charge >= 0.3 is 0 Å². The molecule has 0 atom stereocenters. The summed E-state index contributed by atoms with van der Waals surface area (Å²) in [5, 5.41) is 4.51. The van der Waals surface area contributed by atoms with E-state index in [0.717, 1.165) is 37.7 Å². The largest absolute Gasteiger partial charge is 0.495 e. The number of methoxy groups -OCH3 is 1. The van der Waals surface area contributed by atoms with Crippen LogP contribution in [0.25, 0.3) is 20.7 Å². The number of benzene rings is 2. The van der Waals surface area contributed by atoms with Gasteiger partial charge in [-0.1, -0.05) is 36.4 Å². The van der Waals surface area contributed by atoms with Crippen molar-refractivity contribution >= 4 is 44.7 Å². The Labute approximate surface area is 160 Å². The Bertz CT molecular complexity index is 1080. The van der Waals surface area contributed by atoms with Gasteiger partial charge in [0.1, 0.15) is 16.4 Å². The first-order valence-corrected chi connectivity index (χ1v) is 9.27. The lowest BCUT2D eigenvalue weighted by Gasteiger charge is -2.12. The van der Waals surface area contributed by atoms with Crippen molar-refractivity contribution in [2.24, 2.45) is 0 Å². The van der Waals surface area contributed by atoms with Crippen molar-refractivity contribution in [3.8, 4) is 16.2 Å². The Kier molecular flexibility index (Phi) is 4.49. The van der Waals surface area contributed by atoms with Crippen LogP contribution in [0.3, 0.4) is 0 Å². The number of nitrogens with zero attached hydrogens (tertiary/aromatic N) is 2. The van der Waals surface area contributed by atoms with Crippen molar-refractivity contribution in [3.05, 3.63) is 65.4 Å². The molecule has 26 heavy (non-hydrogen) atoms. The average Bonchev–Trinajstić information content (AvgIpc) is 3.07. The van der Waals surface area contributed by atoms with Crippen molar-refractivity contribution < 1.29 is 4.74 Å². The maximum absolute atomic E-state index is 6.16. The minimum absolute atomic E-state index is 0.216. The average molecular weight is 382 g/mol. The summed E-state index contributed by atoms with van der Waals surface area (Å²) < 4.78 is 5.45. The van der Waals surface area contributed by atoms with Crippen LogP contribution in [0.1, 0.15) is 5.56 Å². The van der Waals surface area contributed by atoms with Crippen LogP contribution in [-0.2, 0) is 0 Å². The molecule has 0 saturated heterocycles. The first-order valence-electron chi connectivity index (χ1n) is 8.08. The van der Waals surface area contributed by atoms with Gasteiger partial charge in [0.2, 0.25) is 5.28 Å². The molecule has 0 saturated carbocycles.